The van der Waals surface area contributed by atoms with Crippen molar-refractivity contribution < 1.29 is 8.83 Å². The third-order valence-corrected chi connectivity index (χ3v) is 33.2. The molecule has 112 heavy (non-hydrogen) atoms. The summed E-state index contributed by atoms with van der Waals surface area (Å²) in [6, 6.07) is 150. The molecule has 20 aromatic rings. The van der Waals surface area contributed by atoms with Crippen LogP contribution in [0.3, 0.4) is 0 Å². The number of para-hydroxylation sites is 4. The molecule has 0 spiro atoms. The molecule has 20 rings (SSSR count). The SMILES string of the molecule is CC(C)c1cc(N(c2cccc(-c3ccc([Si](c4ccccc4)(c4ccccc4)c4ccccc4)cc3)c2)c2cccc3c2oc2ccccc23)c2ccc3c(C(C)C)cc(N(c4cccc(-c5ccc([Si](c6ccccc6)(c6ccccc6)c6ccccc6)cc5)c4)c4cccc5c4oc4ccccc45)c4ccc1c2c34. The van der Waals surface area contributed by atoms with Gasteiger partial charge in [0.1, 0.15) is 11.2 Å². The summed E-state index contributed by atoms with van der Waals surface area (Å²) in [6.45, 7) is 9.41. The molecule has 2 heterocycles. The fourth-order valence-corrected chi connectivity index (χ4v) is 28.1. The Morgan fingerprint density at radius 3 is 0.830 bits per heavy atom. The number of benzene rings is 18. The van der Waals surface area contributed by atoms with Crippen LogP contribution in [0.25, 0.3) is 98.4 Å². The molecule has 0 radical (unpaired) electrons. The van der Waals surface area contributed by atoms with Gasteiger partial charge in [-0.15, -0.1) is 0 Å². The maximum Gasteiger partial charge on any atom is 0.179 e. The summed E-state index contributed by atoms with van der Waals surface area (Å²) in [5, 5.41) is 22.3. The second-order valence-electron chi connectivity index (χ2n) is 30.5. The average molecular weight is 1470 g/mol. The number of furan rings is 2. The molecule has 0 amide bonds. The Hall–Kier alpha value is -13.4. The number of hydrogen-bond acceptors (Lipinski definition) is 4. The zero-order chi connectivity index (χ0) is 75.0. The van der Waals surface area contributed by atoms with Crippen LogP contribution < -0.4 is 51.3 Å². The average Bonchev–Trinajstić information content (AvgIpc) is 0.760. The van der Waals surface area contributed by atoms with Crippen molar-refractivity contribution in [3.8, 4) is 22.3 Å². The van der Waals surface area contributed by atoms with E-state index in [2.05, 4.69) is 438 Å². The Bertz CT molecular complexity index is 6250. The highest BCUT2D eigenvalue weighted by Crippen LogP contribution is 2.54. The molecule has 0 N–H and O–H groups in total. The van der Waals surface area contributed by atoms with Crippen LogP contribution in [0.5, 0.6) is 0 Å². The van der Waals surface area contributed by atoms with Gasteiger partial charge in [0.2, 0.25) is 0 Å². The van der Waals surface area contributed by atoms with Crippen molar-refractivity contribution in [2.24, 2.45) is 0 Å². The van der Waals surface area contributed by atoms with E-state index in [-0.39, 0.29) is 11.8 Å². The van der Waals surface area contributed by atoms with Gasteiger partial charge >= 0.3 is 0 Å². The topological polar surface area (TPSA) is 32.8 Å². The van der Waals surface area contributed by atoms with Gasteiger partial charge < -0.3 is 18.6 Å². The lowest BCUT2D eigenvalue weighted by atomic mass is 9.84. The van der Waals surface area contributed by atoms with Crippen molar-refractivity contribution in [3.05, 3.63) is 412 Å². The third kappa shape index (κ3) is 11.1. The first-order valence-corrected chi connectivity index (χ1v) is 43.2. The molecule has 0 atom stereocenters. The van der Waals surface area contributed by atoms with E-state index in [1.54, 1.807) is 0 Å². The molecule has 0 aliphatic rings. The van der Waals surface area contributed by atoms with Gasteiger partial charge in [-0.25, -0.2) is 0 Å². The fourth-order valence-electron chi connectivity index (χ4n) is 18.6. The predicted molar refractivity (Wildman–Crippen MR) is 480 cm³/mol. The van der Waals surface area contributed by atoms with E-state index in [0.29, 0.717) is 0 Å². The zero-order valence-corrected chi connectivity index (χ0v) is 65.0. The summed E-state index contributed by atoms with van der Waals surface area (Å²) >= 11 is 0. The normalized spacial score (nSPS) is 12.1. The van der Waals surface area contributed by atoms with Gasteiger partial charge in [-0.05, 0) is 169 Å². The van der Waals surface area contributed by atoms with Gasteiger partial charge in [0.25, 0.3) is 0 Å². The number of rotatable bonds is 18. The summed E-state index contributed by atoms with van der Waals surface area (Å²) in [5.41, 5.74) is 16.5. The maximum atomic E-state index is 7.15. The van der Waals surface area contributed by atoms with Gasteiger partial charge in [0, 0.05) is 43.7 Å². The molecule has 0 bridgehead atoms. The monoisotopic (exact) mass is 1470 g/mol. The summed E-state index contributed by atoms with van der Waals surface area (Å²) in [7, 11) is -5.59. The predicted octanol–water partition coefficient (Wildman–Crippen LogP) is 23.7. The quantitative estimate of drug-likeness (QED) is 0.0487. The van der Waals surface area contributed by atoms with Crippen LogP contribution in [0.2, 0.25) is 0 Å². The molecule has 6 heteroatoms. The van der Waals surface area contributed by atoms with Crippen LogP contribution >= 0.6 is 0 Å². The summed E-state index contributed by atoms with van der Waals surface area (Å²) < 4.78 is 14.3. The van der Waals surface area contributed by atoms with E-state index in [1.807, 2.05) is 0 Å². The molecule has 2 aromatic heterocycles. The second-order valence-corrected chi connectivity index (χ2v) is 38.1. The van der Waals surface area contributed by atoms with E-state index in [1.165, 1.54) is 74.2 Å². The molecule has 0 saturated carbocycles. The third-order valence-electron chi connectivity index (χ3n) is 23.6. The minimum Gasteiger partial charge on any atom is -0.454 e. The Labute approximate surface area is 655 Å². The Morgan fingerprint density at radius 1 is 0.214 bits per heavy atom. The molecule has 0 aliphatic heterocycles. The molecule has 534 valence electrons. The standard InChI is InChI=1S/C106H80N2O2Si2/c1-71(2)95-69-99(107(97-51-29-49-91-87-47-23-25-53-101(87)109-105(91)97)77-33-27-31-75(67-77)73-55-59-85(60-56-73)111(79-35-11-5-12-36-79,80-37-13-6-14-38-80)81-39-15-7-16-40-81)93-66-64-90-96(72(3)4)70-100(94-65-63-89(95)103(93)104(90)94)108(98-52-30-50-92-88-48-24-26-54-102(88)110-106(92)98)78-34-28-32-76(68-78)74-57-61-86(62-58-74)112(82-41-17-8-18-42-82,83-43-19-9-20-44-83)84-45-21-10-22-46-84/h5-72H,1-4H3. The Balaban J connectivity index is 0.792. The Morgan fingerprint density at radius 2 is 0.500 bits per heavy atom. The zero-order valence-electron chi connectivity index (χ0n) is 63.0. The maximum absolute atomic E-state index is 7.15. The molecule has 4 nitrogen and oxygen atoms in total. The first-order valence-electron chi connectivity index (χ1n) is 39.2. The van der Waals surface area contributed by atoms with Crippen molar-refractivity contribution in [3.63, 3.8) is 0 Å². The summed E-state index contributed by atoms with van der Waals surface area (Å²) in [6.07, 6.45) is 0. The van der Waals surface area contributed by atoms with E-state index < -0.39 is 16.1 Å². The lowest BCUT2D eigenvalue weighted by Crippen LogP contribution is -2.74. The van der Waals surface area contributed by atoms with Crippen molar-refractivity contribution in [1.82, 2.24) is 0 Å². The number of nitrogens with zero attached hydrogens (tertiary/aromatic N) is 2. The highest BCUT2D eigenvalue weighted by molar-refractivity contribution is 7.20. The van der Waals surface area contributed by atoms with Crippen molar-refractivity contribution >= 4 is 168 Å². The highest BCUT2D eigenvalue weighted by Gasteiger charge is 2.43. The van der Waals surface area contributed by atoms with Crippen LogP contribution in [0.4, 0.5) is 34.1 Å². The van der Waals surface area contributed by atoms with Crippen LogP contribution in [0, 0.1) is 0 Å². The van der Waals surface area contributed by atoms with Crippen molar-refractivity contribution in [2.45, 2.75) is 39.5 Å². The first-order chi connectivity index (χ1) is 55.2. The van der Waals surface area contributed by atoms with Gasteiger partial charge in [0.15, 0.2) is 27.3 Å². The van der Waals surface area contributed by atoms with Gasteiger partial charge in [0.05, 0.1) is 22.7 Å². The number of anilines is 6. The van der Waals surface area contributed by atoms with Gasteiger partial charge in [-0.1, -0.05) is 367 Å². The molecule has 0 saturated heterocycles. The largest absolute Gasteiger partial charge is 0.454 e. The molecular formula is C106H80N2O2Si2. The van der Waals surface area contributed by atoms with Crippen molar-refractivity contribution in [1.29, 1.82) is 0 Å². The minimum atomic E-state index is -2.80. The van der Waals surface area contributed by atoms with Gasteiger partial charge in [-0.3, -0.25) is 0 Å². The number of hydrogen-bond donors (Lipinski definition) is 0. The smallest absolute Gasteiger partial charge is 0.179 e. The van der Waals surface area contributed by atoms with E-state index in [4.69, 9.17) is 8.83 Å². The summed E-state index contributed by atoms with van der Waals surface area (Å²) in [4.78, 5) is 5.01. The molecular weight excluding hydrogens is 1390 g/mol. The molecule has 0 fully saturated rings. The van der Waals surface area contributed by atoms with Crippen LogP contribution in [0.15, 0.2) is 409 Å². The van der Waals surface area contributed by atoms with E-state index >= 15 is 0 Å². The Kier molecular flexibility index (Phi) is 17.0. The van der Waals surface area contributed by atoms with Gasteiger partial charge in [-0.2, -0.15) is 0 Å². The lowest BCUT2D eigenvalue weighted by Gasteiger charge is -2.34. The first kappa shape index (κ1) is 67.9. The van der Waals surface area contributed by atoms with Crippen LogP contribution in [-0.2, 0) is 0 Å². The molecule has 18 aromatic carbocycles. The lowest BCUT2D eigenvalue weighted by molar-refractivity contribution is 0.668. The minimum absolute atomic E-state index is 0.146. The molecule has 0 aliphatic carbocycles. The summed E-state index contributed by atoms with van der Waals surface area (Å²) in [5.74, 6) is 0.291. The van der Waals surface area contributed by atoms with E-state index in [9.17, 15) is 0 Å². The highest BCUT2D eigenvalue weighted by atomic mass is 28.3. The van der Waals surface area contributed by atoms with E-state index in [0.717, 1.165) is 111 Å². The number of fused-ring (bicyclic) bond motifs is 6. The molecule has 0 unspecified atom stereocenters. The van der Waals surface area contributed by atoms with Crippen LogP contribution in [0.1, 0.15) is 50.7 Å². The second kappa shape index (κ2) is 27.9. The van der Waals surface area contributed by atoms with Crippen molar-refractivity contribution in [2.75, 3.05) is 9.80 Å². The van der Waals surface area contributed by atoms with Crippen LogP contribution in [-0.4, -0.2) is 16.1 Å². The fraction of sp³-hybridized carbons (Fsp3) is 0.0566.